The first kappa shape index (κ1) is 16.2. The topological polar surface area (TPSA) is 100 Å². The van der Waals surface area contributed by atoms with Crippen LogP contribution in [0.15, 0.2) is 42.1 Å². The number of sulfonamides is 1. The van der Waals surface area contributed by atoms with E-state index in [4.69, 9.17) is 0 Å². The molecule has 1 saturated heterocycles. The zero-order valence-corrected chi connectivity index (χ0v) is 14.4. The second-order valence-electron chi connectivity index (χ2n) is 5.96. The molecule has 0 atom stereocenters. The maximum atomic E-state index is 13.0. The van der Waals surface area contributed by atoms with Crippen LogP contribution < -0.4 is 0 Å². The largest absolute Gasteiger partial charge is 0.345 e. The summed E-state index contributed by atoms with van der Waals surface area (Å²) in [5, 5.41) is 4.72. The van der Waals surface area contributed by atoms with Crippen LogP contribution >= 0.6 is 0 Å². The van der Waals surface area contributed by atoms with E-state index in [9.17, 15) is 8.42 Å². The molecule has 25 heavy (non-hydrogen) atoms. The first-order valence-corrected chi connectivity index (χ1v) is 9.55. The molecule has 9 nitrogen and oxygen atoms in total. The van der Waals surface area contributed by atoms with E-state index >= 15 is 0 Å². The first-order chi connectivity index (χ1) is 12.1. The SMILES string of the molecule is O=S(=O)(c1c[nH]c2ncccc12)N1CCN(CCn2cncn2)CC1. The van der Waals surface area contributed by atoms with E-state index in [1.165, 1.54) is 12.5 Å². The zero-order valence-electron chi connectivity index (χ0n) is 13.6. The van der Waals surface area contributed by atoms with Crippen LogP contribution in [0.4, 0.5) is 0 Å². The summed E-state index contributed by atoms with van der Waals surface area (Å²) in [6, 6.07) is 3.53. The van der Waals surface area contributed by atoms with Crippen molar-refractivity contribution in [3.8, 4) is 0 Å². The van der Waals surface area contributed by atoms with Crippen LogP contribution in [0.25, 0.3) is 11.0 Å². The summed E-state index contributed by atoms with van der Waals surface area (Å²) in [7, 11) is -3.52. The molecule has 0 bridgehead atoms. The quantitative estimate of drug-likeness (QED) is 0.695. The van der Waals surface area contributed by atoms with Crippen molar-refractivity contribution in [1.82, 2.24) is 33.9 Å². The number of nitrogens with zero attached hydrogens (tertiary/aromatic N) is 6. The van der Waals surface area contributed by atoms with Gasteiger partial charge in [0.2, 0.25) is 10.0 Å². The van der Waals surface area contributed by atoms with Crippen molar-refractivity contribution < 1.29 is 8.42 Å². The highest BCUT2D eigenvalue weighted by Gasteiger charge is 2.30. The number of pyridine rings is 1. The Morgan fingerprint density at radius 3 is 2.76 bits per heavy atom. The van der Waals surface area contributed by atoms with E-state index in [0.29, 0.717) is 42.1 Å². The van der Waals surface area contributed by atoms with Crippen LogP contribution in [0.5, 0.6) is 0 Å². The molecule has 4 rings (SSSR count). The van der Waals surface area contributed by atoms with Crippen molar-refractivity contribution in [2.45, 2.75) is 11.4 Å². The molecule has 132 valence electrons. The number of nitrogens with one attached hydrogen (secondary N) is 1. The molecule has 1 aliphatic heterocycles. The van der Waals surface area contributed by atoms with Gasteiger partial charge in [0.05, 0.1) is 6.54 Å². The molecule has 0 radical (unpaired) electrons. The van der Waals surface area contributed by atoms with Gasteiger partial charge in [0.15, 0.2) is 0 Å². The fourth-order valence-corrected chi connectivity index (χ4v) is 4.64. The molecule has 10 heteroatoms. The van der Waals surface area contributed by atoms with Crippen molar-refractivity contribution >= 4 is 21.1 Å². The van der Waals surface area contributed by atoms with Crippen molar-refractivity contribution in [1.29, 1.82) is 0 Å². The van der Waals surface area contributed by atoms with Gasteiger partial charge in [0.25, 0.3) is 0 Å². The van der Waals surface area contributed by atoms with Gasteiger partial charge < -0.3 is 4.98 Å². The van der Waals surface area contributed by atoms with Crippen LogP contribution in [0.1, 0.15) is 0 Å². The number of hydrogen-bond donors (Lipinski definition) is 1. The highest BCUT2D eigenvalue weighted by atomic mass is 32.2. The molecule has 3 aromatic rings. The second kappa shape index (κ2) is 6.54. The third-order valence-corrected chi connectivity index (χ3v) is 6.41. The van der Waals surface area contributed by atoms with Gasteiger partial charge >= 0.3 is 0 Å². The Balaban J connectivity index is 1.43. The maximum Gasteiger partial charge on any atom is 0.245 e. The third kappa shape index (κ3) is 3.15. The fourth-order valence-electron chi connectivity index (χ4n) is 3.07. The number of piperazine rings is 1. The summed E-state index contributed by atoms with van der Waals surface area (Å²) in [5.41, 5.74) is 0.590. The molecule has 0 aliphatic carbocycles. The van der Waals surface area contributed by atoms with Crippen molar-refractivity contribution in [3.63, 3.8) is 0 Å². The van der Waals surface area contributed by atoms with Gasteiger partial charge in [0.1, 0.15) is 23.2 Å². The normalized spacial score (nSPS) is 17.3. The molecule has 0 unspecified atom stereocenters. The molecule has 0 spiro atoms. The van der Waals surface area contributed by atoms with Crippen LogP contribution in [0.3, 0.4) is 0 Å². The molecular weight excluding hydrogens is 342 g/mol. The molecule has 4 heterocycles. The summed E-state index contributed by atoms with van der Waals surface area (Å²) < 4.78 is 29.2. The number of fused-ring (bicyclic) bond motifs is 1. The predicted octanol–water partition coefficient (Wildman–Crippen LogP) is 0.161. The van der Waals surface area contributed by atoms with E-state index in [2.05, 4.69) is 25.0 Å². The molecule has 1 aliphatic rings. The first-order valence-electron chi connectivity index (χ1n) is 8.11. The van der Waals surface area contributed by atoms with Gasteiger partial charge in [-0.3, -0.25) is 9.58 Å². The van der Waals surface area contributed by atoms with Crippen molar-refractivity contribution in [2.24, 2.45) is 0 Å². The highest BCUT2D eigenvalue weighted by molar-refractivity contribution is 7.89. The van der Waals surface area contributed by atoms with E-state index in [-0.39, 0.29) is 0 Å². The smallest absolute Gasteiger partial charge is 0.245 e. The predicted molar refractivity (Wildman–Crippen MR) is 91.3 cm³/mol. The summed E-state index contributed by atoms with van der Waals surface area (Å²) in [4.78, 5) is 13.6. The Bertz CT molecular complexity index is 943. The Morgan fingerprint density at radius 2 is 2.00 bits per heavy atom. The average molecular weight is 361 g/mol. The third-order valence-electron chi connectivity index (χ3n) is 4.47. The Hall–Kier alpha value is -2.30. The van der Waals surface area contributed by atoms with Crippen molar-refractivity contribution in [2.75, 3.05) is 32.7 Å². The van der Waals surface area contributed by atoms with Gasteiger partial charge in [-0.1, -0.05) is 0 Å². The van der Waals surface area contributed by atoms with Gasteiger partial charge in [-0.2, -0.15) is 9.40 Å². The number of rotatable bonds is 5. The van der Waals surface area contributed by atoms with Crippen molar-refractivity contribution in [3.05, 3.63) is 37.2 Å². The number of hydrogen-bond acceptors (Lipinski definition) is 6. The Kier molecular flexibility index (Phi) is 4.24. The summed E-state index contributed by atoms with van der Waals surface area (Å²) in [5.74, 6) is 0. The maximum absolute atomic E-state index is 13.0. The van der Waals surface area contributed by atoms with Crippen LogP contribution in [0, 0.1) is 0 Å². The average Bonchev–Trinajstić information content (AvgIpc) is 3.30. The minimum absolute atomic E-state index is 0.298. The van der Waals surface area contributed by atoms with Crippen LogP contribution in [-0.4, -0.2) is 75.1 Å². The minimum atomic E-state index is -3.52. The Morgan fingerprint density at radius 1 is 1.16 bits per heavy atom. The molecule has 0 saturated carbocycles. The molecule has 0 aromatic carbocycles. The van der Waals surface area contributed by atoms with E-state index in [0.717, 1.165) is 13.1 Å². The minimum Gasteiger partial charge on any atom is -0.345 e. The lowest BCUT2D eigenvalue weighted by Gasteiger charge is -2.33. The standard InChI is InChI=1S/C15H19N7O2S/c23-25(24,14-10-18-15-13(14)2-1-3-17-15)22-8-5-20(6-9-22)4-7-21-12-16-11-19-21/h1-3,10-12H,4-9H2,(H,17,18). The van der Waals surface area contributed by atoms with E-state index in [1.54, 1.807) is 33.6 Å². The molecule has 1 N–H and O–H groups in total. The lowest BCUT2D eigenvalue weighted by molar-refractivity contribution is 0.181. The zero-order chi connectivity index (χ0) is 17.3. The van der Waals surface area contributed by atoms with Gasteiger partial charge in [0, 0.05) is 50.5 Å². The van der Waals surface area contributed by atoms with Gasteiger partial charge in [-0.25, -0.2) is 18.4 Å². The van der Waals surface area contributed by atoms with E-state index in [1.807, 2.05) is 0 Å². The Labute approximate surface area is 145 Å². The number of H-pyrrole nitrogens is 1. The fraction of sp³-hybridized carbons (Fsp3) is 0.400. The molecule has 0 amide bonds. The number of aromatic amines is 1. The summed E-state index contributed by atoms with van der Waals surface area (Å²) >= 11 is 0. The summed E-state index contributed by atoms with van der Waals surface area (Å²) in [6.45, 7) is 3.94. The second-order valence-corrected chi connectivity index (χ2v) is 7.86. The van der Waals surface area contributed by atoms with Crippen LogP contribution in [0.2, 0.25) is 0 Å². The van der Waals surface area contributed by atoms with E-state index < -0.39 is 10.0 Å². The monoisotopic (exact) mass is 361 g/mol. The van der Waals surface area contributed by atoms with Gasteiger partial charge in [-0.05, 0) is 12.1 Å². The molecule has 1 fully saturated rings. The molecule has 3 aromatic heterocycles. The van der Waals surface area contributed by atoms with Gasteiger partial charge in [-0.15, -0.1) is 0 Å². The molecular formula is C15H19N7O2S. The summed E-state index contributed by atoms with van der Waals surface area (Å²) in [6.07, 6.45) is 6.37. The lowest BCUT2D eigenvalue weighted by atomic mass is 10.3. The van der Waals surface area contributed by atoms with Crippen LogP contribution in [-0.2, 0) is 16.6 Å². The highest BCUT2D eigenvalue weighted by Crippen LogP contribution is 2.25. The number of aromatic nitrogens is 5. The lowest BCUT2D eigenvalue weighted by Crippen LogP contribution is -2.49.